The van der Waals surface area contributed by atoms with Crippen molar-refractivity contribution in [3.05, 3.63) is 71.8 Å². The van der Waals surface area contributed by atoms with Gasteiger partial charge in [0.15, 0.2) is 0 Å². The summed E-state index contributed by atoms with van der Waals surface area (Å²) < 4.78 is 0. The molecule has 2 atom stereocenters. The van der Waals surface area contributed by atoms with E-state index in [1.807, 2.05) is 67.6 Å². The number of rotatable bonds is 7. The summed E-state index contributed by atoms with van der Waals surface area (Å²) in [6.45, 7) is 1.96. The molecule has 0 aromatic heterocycles. The molecule has 0 spiro atoms. The molecule has 2 rings (SSSR count). The summed E-state index contributed by atoms with van der Waals surface area (Å²) in [4.78, 5) is 23.5. The van der Waals surface area contributed by atoms with E-state index in [0.717, 1.165) is 11.1 Å². The van der Waals surface area contributed by atoms with Gasteiger partial charge in [-0.3, -0.25) is 4.79 Å². The fourth-order valence-corrected chi connectivity index (χ4v) is 2.48. The minimum atomic E-state index is -1.02. The summed E-state index contributed by atoms with van der Waals surface area (Å²) in [7, 11) is 0. The molecular formula is C19H21NO3. The molecule has 0 aliphatic heterocycles. The van der Waals surface area contributed by atoms with Crippen molar-refractivity contribution in [1.29, 1.82) is 0 Å². The molecule has 2 aromatic rings. The van der Waals surface area contributed by atoms with E-state index in [0.29, 0.717) is 0 Å². The highest BCUT2D eigenvalue weighted by Crippen LogP contribution is 2.18. The summed E-state index contributed by atoms with van der Waals surface area (Å²) in [5.41, 5.74) is 1.95. The molecule has 23 heavy (non-hydrogen) atoms. The number of aliphatic carboxylic acids is 1. The Kier molecular flexibility index (Phi) is 5.92. The third kappa shape index (κ3) is 5.25. The first kappa shape index (κ1) is 16.7. The van der Waals surface area contributed by atoms with Gasteiger partial charge in [-0.25, -0.2) is 4.79 Å². The van der Waals surface area contributed by atoms with Crippen molar-refractivity contribution in [1.82, 2.24) is 5.32 Å². The molecule has 0 bridgehead atoms. The Hall–Kier alpha value is -2.62. The Morgan fingerprint density at radius 2 is 1.57 bits per heavy atom. The molecule has 4 heteroatoms. The highest BCUT2D eigenvalue weighted by Gasteiger charge is 2.21. The van der Waals surface area contributed by atoms with Crippen LogP contribution in [-0.4, -0.2) is 23.0 Å². The maximum Gasteiger partial charge on any atom is 0.326 e. The molecule has 2 N–H and O–H groups in total. The lowest BCUT2D eigenvalue weighted by Crippen LogP contribution is -2.42. The lowest BCUT2D eigenvalue weighted by atomic mass is 9.97. The van der Waals surface area contributed by atoms with Crippen molar-refractivity contribution in [3.8, 4) is 0 Å². The summed E-state index contributed by atoms with van der Waals surface area (Å²) in [5, 5.41) is 11.9. The molecule has 2 aromatic carbocycles. The minimum absolute atomic E-state index is 0.0439. The lowest BCUT2D eigenvalue weighted by molar-refractivity contribution is -0.141. The fourth-order valence-electron chi connectivity index (χ4n) is 2.48. The summed E-state index contributed by atoms with van der Waals surface area (Å²) in [6.07, 6.45) is 0.546. The molecule has 0 aliphatic carbocycles. The SMILES string of the molecule is CC(CC(=O)N[C@H](Cc1ccccc1)C(=O)O)c1ccccc1. The maximum absolute atomic E-state index is 12.2. The van der Waals surface area contributed by atoms with Crippen LogP contribution < -0.4 is 5.32 Å². The number of amides is 1. The van der Waals surface area contributed by atoms with E-state index >= 15 is 0 Å². The van der Waals surface area contributed by atoms with E-state index in [-0.39, 0.29) is 24.7 Å². The Morgan fingerprint density at radius 3 is 2.13 bits per heavy atom. The van der Waals surface area contributed by atoms with Crippen molar-refractivity contribution in [2.45, 2.75) is 31.7 Å². The number of carbonyl (C=O) groups is 2. The molecule has 0 radical (unpaired) electrons. The van der Waals surface area contributed by atoms with Crippen LogP contribution in [0.2, 0.25) is 0 Å². The number of benzene rings is 2. The van der Waals surface area contributed by atoms with E-state index in [1.165, 1.54) is 0 Å². The molecule has 1 unspecified atom stereocenters. The predicted molar refractivity (Wildman–Crippen MR) is 89.2 cm³/mol. The second-order valence-electron chi connectivity index (χ2n) is 5.66. The van der Waals surface area contributed by atoms with Gasteiger partial charge < -0.3 is 10.4 Å². The average molecular weight is 311 g/mol. The summed E-state index contributed by atoms with van der Waals surface area (Å²) >= 11 is 0. The number of carboxylic acids is 1. The zero-order valence-corrected chi connectivity index (χ0v) is 13.1. The number of carbonyl (C=O) groups excluding carboxylic acids is 1. The first-order chi connectivity index (χ1) is 11.1. The average Bonchev–Trinajstić information content (AvgIpc) is 2.56. The Bertz CT molecular complexity index is 640. The van der Waals surface area contributed by atoms with Gasteiger partial charge in [0.2, 0.25) is 5.91 Å². The van der Waals surface area contributed by atoms with Gasteiger partial charge in [-0.05, 0) is 17.0 Å². The summed E-state index contributed by atoms with van der Waals surface area (Å²) in [5.74, 6) is -1.22. The Labute approximate surface area is 136 Å². The number of hydrogen-bond acceptors (Lipinski definition) is 2. The first-order valence-corrected chi connectivity index (χ1v) is 7.67. The minimum Gasteiger partial charge on any atom is -0.480 e. The van der Waals surface area contributed by atoms with Crippen molar-refractivity contribution in [2.24, 2.45) is 0 Å². The maximum atomic E-state index is 12.2. The van der Waals surface area contributed by atoms with Gasteiger partial charge in [-0.15, -0.1) is 0 Å². The zero-order chi connectivity index (χ0) is 16.7. The van der Waals surface area contributed by atoms with Gasteiger partial charge in [-0.2, -0.15) is 0 Å². The topological polar surface area (TPSA) is 66.4 Å². The van der Waals surface area contributed by atoms with Crippen molar-refractivity contribution < 1.29 is 14.7 Å². The normalized spacial score (nSPS) is 13.1. The van der Waals surface area contributed by atoms with Crippen molar-refractivity contribution in [2.75, 3.05) is 0 Å². The molecule has 0 aliphatic rings. The van der Waals surface area contributed by atoms with Crippen molar-refractivity contribution >= 4 is 11.9 Å². The van der Waals surface area contributed by atoms with Crippen molar-refractivity contribution in [3.63, 3.8) is 0 Å². The van der Waals surface area contributed by atoms with E-state index < -0.39 is 12.0 Å². The van der Waals surface area contributed by atoms with Crippen LogP contribution in [0.1, 0.15) is 30.4 Å². The van der Waals surface area contributed by atoms with Gasteiger partial charge >= 0.3 is 5.97 Å². The largest absolute Gasteiger partial charge is 0.480 e. The number of hydrogen-bond donors (Lipinski definition) is 2. The van der Waals surface area contributed by atoms with Gasteiger partial charge in [0.05, 0.1) is 0 Å². The number of nitrogens with one attached hydrogen (secondary N) is 1. The van der Waals surface area contributed by atoms with E-state index in [9.17, 15) is 14.7 Å². The quantitative estimate of drug-likeness (QED) is 0.826. The van der Waals surface area contributed by atoms with Gasteiger partial charge in [0.1, 0.15) is 6.04 Å². The third-order valence-electron chi connectivity index (χ3n) is 3.78. The first-order valence-electron chi connectivity index (χ1n) is 7.67. The molecule has 1 amide bonds. The van der Waals surface area contributed by atoms with E-state index in [2.05, 4.69) is 5.32 Å². The second kappa shape index (κ2) is 8.13. The van der Waals surface area contributed by atoms with E-state index in [4.69, 9.17) is 0 Å². The molecule has 0 saturated carbocycles. The molecule has 0 heterocycles. The molecule has 120 valence electrons. The van der Waals surface area contributed by atoms with Crippen LogP contribution >= 0.6 is 0 Å². The molecule has 0 fully saturated rings. The van der Waals surface area contributed by atoms with Crippen LogP contribution in [0.25, 0.3) is 0 Å². The van der Waals surface area contributed by atoms with Crippen LogP contribution in [-0.2, 0) is 16.0 Å². The Morgan fingerprint density at radius 1 is 1.00 bits per heavy atom. The van der Waals surface area contributed by atoms with Gasteiger partial charge in [0, 0.05) is 12.8 Å². The highest BCUT2D eigenvalue weighted by atomic mass is 16.4. The lowest BCUT2D eigenvalue weighted by Gasteiger charge is -2.17. The molecular weight excluding hydrogens is 290 g/mol. The van der Waals surface area contributed by atoms with Gasteiger partial charge in [-0.1, -0.05) is 67.6 Å². The smallest absolute Gasteiger partial charge is 0.326 e. The highest BCUT2D eigenvalue weighted by molar-refractivity contribution is 5.84. The van der Waals surface area contributed by atoms with Crippen LogP contribution in [0.4, 0.5) is 0 Å². The number of carboxylic acid groups (broad SMARTS) is 1. The van der Waals surface area contributed by atoms with Crippen LogP contribution in [0.3, 0.4) is 0 Å². The van der Waals surface area contributed by atoms with Crippen LogP contribution in [0, 0.1) is 0 Å². The van der Waals surface area contributed by atoms with Gasteiger partial charge in [0.25, 0.3) is 0 Å². The fraction of sp³-hybridized carbons (Fsp3) is 0.263. The molecule has 4 nitrogen and oxygen atoms in total. The monoisotopic (exact) mass is 311 g/mol. The predicted octanol–water partition coefficient (Wildman–Crippen LogP) is 2.99. The third-order valence-corrected chi connectivity index (χ3v) is 3.78. The van der Waals surface area contributed by atoms with Crippen LogP contribution in [0.5, 0.6) is 0 Å². The van der Waals surface area contributed by atoms with Crippen LogP contribution in [0.15, 0.2) is 60.7 Å². The standard InChI is InChI=1S/C19H21NO3/c1-14(16-10-6-3-7-11-16)12-18(21)20-17(19(22)23)13-15-8-4-2-5-9-15/h2-11,14,17H,12-13H2,1H3,(H,20,21)(H,22,23)/t14?,17-/m1/s1. The zero-order valence-electron chi connectivity index (χ0n) is 13.1. The Balaban J connectivity index is 1.94. The molecule has 0 saturated heterocycles. The van der Waals surface area contributed by atoms with E-state index in [1.54, 1.807) is 0 Å². The second-order valence-corrected chi connectivity index (χ2v) is 5.66. The summed E-state index contributed by atoms with van der Waals surface area (Å²) in [6, 6.07) is 18.1.